The third-order valence-electron chi connectivity index (χ3n) is 4.54. The van der Waals surface area contributed by atoms with Crippen molar-refractivity contribution >= 4 is 23.5 Å². The van der Waals surface area contributed by atoms with Gasteiger partial charge in [-0.15, -0.1) is 0 Å². The molecule has 0 aliphatic heterocycles. The molecular weight excluding hydrogens is 383 g/mol. The number of hydrogen-bond donors (Lipinski definition) is 2. The van der Waals surface area contributed by atoms with Gasteiger partial charge in [0.1, 0.15) is 17.5 Å². The molecule has 3 atom stereocenters. The van der Waals surface area contributed by atoms with Crippen LogP contribution in [-0.2, 0) is 9.59 Å². The first-order valence-electron chi connectivity index (χ1n) is 8.19. The first kappa shape index (κ1) is 19.2. The standard InChI is InChI=1S/C19H15ClF3NO3/c20-12-5-4-9(6-15(12)23)16(8-17(25)26)24-19(27)11-7-10(11)18-13(21)2-1-3-14(18)22/h1-6,10-11,16H,7-8H2,(H,24,27)(H,25,26). The zero-order chi connectivity index (χ0) is 19.7. The van der Waals surface area contributed by atoms with Crippen LogP contribution in [0.3, 0.4) is 0 Å². The van der Waals surface area contributed by atoms with E-state index in [2.05, 4.69) is 5.32 Å². The summed E-state index contributed by atoms with van der Waals surface area (Å²) in [6.45, 7) is 0. The van der Waals surface area contributed by atoms with Crippen LogP contribution in [-0.4, -0.2) is 17.0 Å². The number of carboxylic acids is 1. The Morgan fingerprint density at radius 3 is 2.41 bits per heavy atom. The summed E-state index contributed by atoms with van der Waals surface area (Å²) >= 11 is 5.62. The molecule has 27 heavy (non-hydrogen) atoms. The van der Waals surface area contributed by atoms with Gasteiger partial charge in [0.2, 0.25) is 5.91 Å². The van der Waals surface area contributed by atoms with Crippen molar-refractivity contribution in [2.24, 2.45) is 5.92 Å². The van der Waals surface area contributed by atoms with Crippen molar-refractivity contribution in [2.45, 2.75) is 24.8 Å². The van der Waals surface area contributed by atoms with E-state index in [0.29, 0.717) is 0 Å². The van der Waals surface area contributed by atoms with Gasteiger partial charge < -0.3 is 10.4 Å². The van der Waals surface area contributed by atoms with Gasteiger partial charge in [-0.1, -0.05) is 23.7 Å². The second-order valence-electron chi connectivity index (χ2n) is 6.42. The van der Waals surface area contributed by atoms with E-state index >= 15 is 0 Å². The molecular formula is C19H15ClF3NO3. The molecule has 0 spiro atoms. The smallest absolute Gasteiger partial charge is 0.305 e. The molecule has 0 radical (unpaired) electrons. The van der Waals surface area contributed by atoms with Gasteiger partial charge in [-0.05, 0) is 36.2 Å². The monoisotopic (exact) mass is 397 g/mol. The molecule has 3 rings (SSSR count). The third-order valence-corrected chi connectivity index (χ3v) is 4.85. The van der Waals surface area contributed by atoms with Crippen LogP contribution in [0.5, 0.6) is 0 Å². The molecule has 1 amide bonds. The molecule has 0 saturated heterocycles. The van der Waals surface area contributed by atoms with Crippen molar-refractivity contribution in [3.05, 3.63) is 70.0 Å². The number of carboxylic acid groups (broad SMARTS) is 1. The van der Waals surface area contributed by atoms with E-state index < -0.39 is 53.6 Å². The molecule has 2 aromatic carbocycles. The fourth-order valence-electron chi connectivity index (χ4n) is 3.10. The molecule has 142 valence electrons. The van der Waals surface area contributed by atoms with Gasteiger partial charge >= 0.3 is 5.97 Å². The Balaban J connectivity index is 1.76. The number of aliphatic carboxylic acids is 1. The zero-order valence-electron chi connectivity index (χ0n) is 13.9. The van der Waals surface area contributed by atoms with Crippen molar-refractivity contribution in [2.75, 3.05) is 0 Å². The minimum absolute atomic E-state index is 0.128. The minimum Gasteiger partial charge on any atom is -0.481 e. The van der Waals surface area contributed by atoms with E-state index in [0.717, 1.165) is 18.2 Å². The van der Waals surface area contributed by atoms with Crippen molar-refractivity contribution < 1.29 is 27.9 Å². The average molecular weight is 398 g/mol. The van der Waals surface area contributed by atoms with E-state index in [1.807, 2.05) is 0 Å². The first-order chi connectivity index (χ1) is 12.8. The molecule has 1 aliphatic carbocycles. The van der Waals surface area contributed by atoms with Crippen LogP contribution in [0.2, 0.25) is 5.02 Å². The van der Waals surface area contributed by atoms with Gasteiger partial charge in [-0.25, -0.2) is 13.2 Å². The number of nitrogens with one attached hydrogen (secondary N) is 1. The summed E-state index contributed by atoms with van der Waals surface area (Å²) in [5.74, 6) is -5.21. The summed E-state index contributed by atoms with van der Waals surface area (Å²) in [6, 6.07) is 6.22. The Hall–Kier alpha value is -2.54. The summed E-state index contributed by atoms with van der Waals surface area (Å²) in [5.41, 5.74) is 0.0897. The number of amides is 1. The van der Waals surface area contributed by atoms with Crippen molar-refractivity contribution in [1.29, 1.82) is 0 Å². The SMILES string of the molecule is O=C(O)CC(NC(=O)C1CC1c1c(F)cccc1F)c1ccc(Cl)c(F)c1. The predicted octanol–water partition coefficient (Wildman–Crippen LogP) is 4.19. The summed E-state index contributed by atoms with van der Waals surface area (Å²) in [5, 5.41) is 11.5. The number of rotatable bonds is 6. The lowest BCUT2D eigenvalue weighted by atomic mass is 10.0. The summed E-state index contributed by atoms with van der Waals surface area (Å²) < 4.78 is 41.4. The van der Waals surface area contributed by atoms with Crippen LogP contribution < -0.4 is 5.32 Å². The fourth-order valence-corrected chi connectivity index (χ4v) is 3.22. The van der Waals surface area contributed by atoms with Gasteiger partial charge in [0.05, 0.1) is 17.5 Å². The quantitative estimate of drug-likeness (QED) is 0.768. The van der Waals surface area contributed by atoms with E-state index in [9.17, 15) is 22.8 Å². The van der Waals surface area contributed by atoms with Crippen LogP contribution in [0, 0.1) is 23.4 Å². The van der Waals surface area contributed by atoms with Crippen LogP contribution in [0.15, 0.2) is 36.4 Å². The zero-order valence-corrected chi connectivity index (χ0v) is 14.6. The normalized spacial score (nSPS) is 19.4. The van der Waals surface area contributed by atoms with Crippen molar-refractivity contribution in [3.8, 4) is 0 Å². The highest BCUT2D eigenvalue weighted by Crippen LogP contribution is 2.49. The van der Waals surface area contributed by atoms with E-state index in [1.165, 1.54) is 18.2 Å². The van der Waals surface area contributed by atoms with E-state index in [1.54, 1.807) is 0 Å². The summed E-state index contributed by atoms with van der Waals surface area (Å²) in [4.78, 5) is 23.6. The fraction of sp³-hybridized carbons (Fsp3) is 0.263. The number of halogens is 4. The van der Waals surface area contributed by atoms with Gasteiger partial charge in [0.15, 0.2) is 0 Å². The van der Waals surface area contributed by atoms with Crippen molar-refractivity contribution in [3.63, 3.8) is 0 Å². The predicted molar refractivity (Wildman–Crippen MR) is 91.8 cm³/mol. The highest BCUT2D eigenvalue weighted by atomic mass is 35.5. The molecule has 1 aliphatic rings. The summed E-state index contributed by atoms with van der Waals surface area (Å²) in [7, 11) is 0. The highest BCUT2D eigenvalue weighted by molar-refractivity contribution is 6.30. The number of carbonyl (C=O) groups is 2. The van der Waals surface area contributed by atoms with E-state index in [-0.39, 0.29) is 22.6 Å². The molecule has 3 unspecified atom stereocenters. The maximum atomic E-state index is 13.9. The minimum atomic E-state index is -1.19. The van der Waals surface area contributed by atoms with E-state index in [4.69, 9.17) is 16.7 Å². The third kappa shape index (κ3) is 4.24. The Kier molecular flexibility index (Phi) is 5.41. The number of carbonyl (C=O) groups excluding carboxylic acids is 1. The highest BCUT2D eigenvalue weighted by Gasteiger charge is 2.47. The molecule has 1 saturated carbocycles. The van der Waals surface area contributed by atoms with Gasteiger partial charge in [-0.2, -0.15) is 0 Å². The largest absolute Gasteiger partial charge is 0.481 e. The molecule has 1 fully saturated rings. The molecule has 0 heterocycles. The van der Waals surface area contributed by atoms with Crippen LogP contribution in [0.25, 0.3) is 0 Å². The van der Waals surface area contributed by atoms with Crippen LogP contribution in [0.1, 0.15) is 35.9 Å². The lowest BCUT2D eigenvalue weighted by Gasteiger charge is -2.18. The lowest BCUT2D eigenvalue weighted by molar-refractivity contribution is -0.137. The molecule has 0 aromatic heterocycles. The number of hydrogen-bond acceptors (Lipinski definition) is 2. The molecule has 2 N–H and O–H groups in total. The van der Waals surface area contributed by atoms with Crippen molar-refractivity contribution in [1.82, 2.24) is 5.32 Å². The average Bonchev–Trinajstić information content (AvgIpc) is 3.36. The maximum absolute atomic E-state index is 13.9. The Morgan fingerprint density at radius 2 is 1.81 bits per heavy atom. The first-order valence-corrected chi connectivity index (χ1v) is 8.56. The van der Waals surface area contributed by atoms with Crippen LogP contribution in [0.4, 0.5) is 13.2 Å². The Bertz CT molecular complexity index is 886. The molecule has 8 heteroatoms. The topological polar surface area (TPSA) is 66.4 Å². The molecule has 2 aromatic rings. The van der Waals surface area contributed by atoms with Gasteiger partial charge in [0.25, 0.3) is 0 Å². The Morgan fingerprint density at radius 1 is 1.15 bits per heavy atom. The number of benzene rings is 2. The van der Waals surface area contributed by atoms with Gasteiger partial charge in [0, 0.05) is 17.4 Å². The Labute approximate surface area is 158 Å². The molecule has 4 nitrogen and oxygen atoms in total. The lowest BCUT2D eigenvalue weighted by Crippen LogP contribution is -2.31. The van der Waals surface area contributed by atoms with Crippen LogP contribution >= 0.6 is 11.6 Å². The second kappa shape index (κ2) is 7.60. The molecule has 0 bridgehead atoms. The second-order valence-corrected chi connectivity index (χ2v) is 6.82. The van der Waals surface area contributed by atoms with Gasteiger partial charge in [-0.3, -0.25) is 9.59 Å². The summed E-state index contributed by atoms with van der Waals surface area (Å²) in [6.07, 6.45) is -0.225. The maximum Gasteiger partial charge on any atom is 0.305 e.